The lowest BCUT2D eigenvalue weighted by Gasteiger charge is -2.33. The van der Waals surface area contributed by atoms with Crippen LogP contribution in [0.1, 0.15) is 54.4 Å². The minimum Gasteiger partial charge on any atom is -0.495 e. The number of fused-ring (bicyclic) bond motifs is 1. The van der Waals surface area contributed by atoms with Gasteiger partial charge in [0.25, 0.3) is 5.91 Å². The molecule has 1 amide bonds. The first-order valence-corrected chi connectivity index (χ1v) is 15.4. The van der Waals surface area contributed by atoms with Crippen LogP contribution >= 0.6 is 11.3 Å². The van der Waals surface area contributed by atoms with Gasteiger partial charge >= 0.3 is 6.18 Å². The zero-order chi connectivity index (χ0) is 32.4. The molecule has 0 radical (unpaired) electrons. The van der Waals surface area contributed by atoms with Crippen molar-refractivity contribution in [3.63, 3.8) is 0 Å². The van der Waals surface area contributed by atoms with E-state index < -0.39 is 36.5 Å². The van der Waals surface area contributed by atoms with Crippen molar-refractivity contribution in [2.75, 3.05) is 51.0 Å². The molecule has 0 spiro atoms. The molecule has 1 saturated heterocycles. The molecule has 3 N–H and O–H groups in total. The lowest BCUT2D eigenvalue weighted by atomic mass is 10.0. The van der Waals surface area contributed by atoms with E-state index in [-0.39, 0.29) is 40.5 Å². The van der Waals surface area contributed by atoms with E-state index in [9.17, 15) is 26.7 Å². The quantitative estimate of drug-likeness (QED) is 0.170. The van der Waals surface area contributed by atoms with Crippen molar-refractivity contribution < 1.29 is 31.5 Å². The molecule has 12 heteroatoms. The molecule has 1 aromatic heterocycles. The summed E-state index contributed by atoms with van der Waals surface area (Å²) in [7, 11) is 3.22. The van der Waals surface area contributed by atoms with Crippen LogP contribution in [-0.2, 0) is 6.42 Å². The van der Waals surface area contributed by atoms with Crippen molar-refractivity contribution >= 4 is 38.7 Å². The van der Waals surface area contributed by atoms with Crippen molar-refractivity contribution in [2.24, 2.45) is 0 Å². The molecule has 2 aromatic carbocycles. The van der Waals surface area contributed by atoms with Crippen LogP contribution in [0.25, 0.3) is 10.1 Å². The molecule has 44 heavy (non-hydrogen) atoms. The Labute approximate surface area is 259 Å². The maximum atomic E-state index is 14.7. The van der Waals surface area contributed by atoms with Gasteiger partial charge in [0.1, 0.15) is 17.7 Å². The van der Waals surface area contributed by atoms with Gasteiger partial charge in [0.15, 0.2) is 0 Å². The average molecular weight is 639 g/mol. The number of hydrogen-bond donors (Lipinski definition) is 3. The lowest BCUT2D eigenvalue weighted by Crippen LogP contribution is -2.46. The predicted molar refractivity (Wildman–Crippen MR) is 168 cm³/mol. The number of hydrogen-bond acceptors (Lipinski definition) is 6. The summed E-state index contributed by atoms with van der Waals surface area (Å²) in [5.41, 5.74) is 0.716. The number of likely N-dealkylation sites (tertiary alicyclic amines) is 1. The van der Waals surface area contributed by atoms with Crippen LogP contribution in [-0.4, -0.2) is 69.5 Å². The predicted octanol–water partition coefficient (Wildman–Crippen LogP) is 7.24. The molecule has 240 valence electrons. The van der Waals surface area contributed by atoms with Crippen LogP contribution in [0.5, 0.6) is 5.75 Å². The zero-order valence-electron chi connectivity index (χ0n) is 25.6. The number of methoxy groups -OCH3 is 1. The zero-order valence-corrected chi connectivity index (χ0v) is 26.4. The summed E-state index contributed by atoms with van der Waals surface area (Å²) in [6.07, 6.45) is -5.46. The van der Waals surface area contributed by atoms with Crippen molar-refractivity contribution in [3.05, 3.63) is 52.2 Å². The third kappa shape index (κ3) is 8.99. The van der Waals surface area contributed by atoms with Gasteiger partial charge in [-0.25, -0.2) is 8.78 Å². The maximum absolute atomic E-state index is 14.7. The standard InChI is InChI=1S/C30H33F5N4O2S.C2H6/c1-4-11-37-29(40)19-14-26(41-3)25(15-21(19)31)36-12-6-9-27-20(16-30(33,34)35)18-7-5-8-24(28(18)42-27)38-23-10-13-39(2)17-22(23)32;1-2/h5,7-8,14-15,22-23,36,38H,4,10-13,16-17H2,1-3H3,(H,37,40);1-2H3. The fourth-order valence-electron chi connectivity index (χ4n) is 4.81. The van der Waals surface area contributed by atoms with Crippen molar-refractivity contribution in [3.8, 4) is 17.6 Å². The fraction of sp³-hybridized carbons (Fsp3) is 0.469. The normalized spacial score (nSPS) is 16.8. The Morgan fingerprint density at radius 2 is 1.95 bits per heavy atom. The first-order valence-electron chi connectivity index (χ1n) is 14.6. The van der Waals surface area contributed by atoms with E-state index in [2.05, 4.69) is 27.8 Å². The highest BCUT2D eigenvalue weighted by Crippen LogP contribution is 2.39. The number of piperidine rings is 1. The molecule has 2 unspecified atom stereocenters. The number of amides is 1. The molecular weight excluding hydrogens is 599 g/mol. The first kappa shape index (κ1) is 34.9. The molecular formula is C32H39F5N4O2S. The monoisotopic (exact) mass is 638 g/mol. The molecule has 2 heterocycles. The van der Waals surface area contributed by atoms with Gasteiger partial charge in [0, 0.05) is 25.7 Å². The van der Waals surface area contributed by atoms with Gasteiger partial charge in [-0.15, -0.1) is 11.3 Å². The van der Waals surface area contributed by atoms with E-state index in [1.54, 1.807) is 18.2 Å². The highest BCUT2D eigenvalue weighted by molar-refractivity contribution is 7.20. The largest absolute Gasteiger partial charge is 0.495 e. The van der Waals surface area contributed by atoms with E-state index in [4.69, 9.17) is 4.74 Å². The molecule has 6 nitrogen and oxygen atoms in total. The Hall–Kier alpha value is -3.56. The second-order valence-electron chi connectivity index (χ2n) is 10.1. The molecule has 2 atom stereocenters. The average Bonchev–Trinajstić information content (AvgIpc) is 3.33. The number of halogens is 5. The van der Waals surface area contributed by atoms with Crippen LogP contribution in [0.2, 0.25) is 0 Å². The van der Waals surface area contributed by atoms with E-state index in [1.807, 2.05) is 32.7 Å². The van der Waals surface area contributed by atoms with E-state index in [0.29, 0.717) is 41.7 Å². The van der Waals surface area contributed by atoms with Crippen LogP contribution in [0.4, 0.5) is 33.3 Å². The van der Waals surface area contributed by atoms with Crippen molar-refractivity contribution in [2.45, 2.75) is 58.4 Å². The molecule has 1 aliphatic heterocycles. The summed E-state index contributed by atoms with van der Waals surface area (Å²) in [5.74, 6) is 4.57. The van der Waals surface area contributed by atoms with Gasteiger partial charge in [-0.2, -0.15) is 13.2 Å². The first-order chi connectivity index (χ1) is 21.0. The van der Waals surface area contributed by atoms with Gasteiger partial charge in [-0.1, -0.05) is 44.7 Å². The number of nitrogens with zero attached hydrogens (tertiary/aromatic N) is 1. The molecule has 0 saturated carbocycles. The lowest BCUT2D eigenvalue weighted by molar-refractivity contribution is -0.126. The summed E-state index contributed by atoms with van der Waals surface area (Å²) in [6.45, 7) is 7.25. The Morgan fingerprint density at radius 1 is 1.20 bits per heavy atom. The Morgan fingerprint density at radius 3 is 2.61 bits per heavy atom. The van der Waals surface area contributed by atoms with Gasteiger partial charge < -0.3 is 25.6 Å². The van der Waals surface area contributed by atoms with Crippen LogP contribution in [0.15, 0.2) is 30.3 Å². The molecule has 4 rings (SSSR count). The third-order valence-corrected chi connectivity index (χ3v) is 8.12. The topological polar surface area (TPSA) is 65.6 Å². The van der Waals surface area contributed by atoms with Gasteiger partial charge in [0.2, 0.25) is 0 Å². The smallest absolute Gasteiger partial charge is 0.393 e. The number of benzene rings is 2. The van der Waals surface area contributed by atoms with E-state index in [0.717, 1.165) is 17.4 Å². The minimum atomic E-state index is -4.46. The number of rotatable bonds is 9. The number of thiophene rings is 1. The van der Waals surface area contributed by atoms with Gasteiger partial charge in [-0.05, 0) is 43.0 Å². The summed E-state index contributed by atoms with van der Waals surface area (Å²) in [6, 6.07) is 6.98. The molecule has 1 aliphatic rings. The van der Waals surface area contributed by atoms with E-state index in [1.165, 1.54) is 13.2 Å². The van der Waals surface area contributed by atoms with Crippen molar-refractivity contribution in [1.29, 1.82) is 0 Å². The Bertz CT molecular complexity index is 1480. The summed E-state index contributed by atoms with van der Waals surface area (Å²) in [4.78, 5) is 14.4. The second kappa shape index (κ2) is 16.0. The fourth-order valence-corrected chi connectivity index (χ4v) is 5.98. The Kier molecular flexibility index (Phi) is 12.7. The summed E-state index contributed by atoms with van der Waals surface area (Å²) in [5, 5.41) is 9.16. The molecule has 0 aliphatic carbocycles. The van der Waals surface area contributed by atoms with E-state index >= 15 is 0 Å². The summed E-state index contributed by atoms with van der Waals surface area (Å²) >= 11 is 1.12. The number of carbonyl (C=O) groups excluding carboxylic acids is 1. The van der Waals surface area contributed by atoms with Gasteiger partial charge in [0.05, 0.1) is 52.6 Å². The molecule has 1 fully saturated rings. The number of anilines is 2. The minimum absolute atomic E-state index is 0.0267. The third-order valence-electron chi connectivity index (χ3n) is 6.92. The van der Waals surface area contributed by atoms with Crippen LogP contribution < -0.4 is 20.7 Å². The highest BCUT2D eigenvalue weighted by Gasteiger charge is 2.32. The highest BCUT2D eigenvalue weighted by atomic mass is 32.1. The number of carbonyl (C=O) groups is 1. The number of alkyl halides is 4. The van der Waals surface area contributed by atoms with Gasteiger partial charge in [-0.3, -0.25) is 4.79 Å². The number of nitrogens with one attached hydrogen (secondary N) is 3. The van der Waals surface area contributed by atoms with Crippen LogP contribution in [0.3, 0.4) is 0 Å². The van der Waals surface area contributed by atoms with Crippen LogP contribution in [0, 0.1) is 17.7 Å². The number of ether oxygens (including phenoxy) is 1. The second-order valence-corrected chi connectivity index (χ2v) is 11.2. The van der Waals surface area contributed by atoms with Crippen molar-refractivity contribution in [1.82, 2.24) is 10.2 Å². The molecule has 3 aromatic rings. The summed E-state index contributed by atoms with van der Waals surface area (Å²) < 4.78 is 76.0. The molecule has 0 bridgehead atoms. The maximum Gasteiger partial charge on any atom is 0.393 e. The Balaban J connectivity index is 0.00000259. The SMILES string of the molecule is CC.CCCNC(=O)c1cc(OC)c(NCC#Cc2sc3c(NC4CCN(C)CC4F)cccc3c2CC(F)(F)F)cc1F.